The van der Waals surface area contributed by atoms with E-state index < -0.39 is 12.1 Å². The van der Waals surface area contributed by atoms with Crippen LogP contribution in [0.2, 0.25) is 0 Å². The Morgan fingerprint density at radius 1 is 1.19 bits per heavy atom. The highest BCUT2D eigenvalue weighted by Crippen LogP contribution is 2.27. The van der Waals surface area contributed by atoms with Gasteiger partial charge in [0.1, 0.15) is 0 Å². The summed E-state index contributed by atoms with van der Waals surface area (Å²) >= 11 is 1.76. The Balaban J connectivity index is 1.69. The van der Waals surface area contributed by atoms with E-state index in [1.54, 1.807) is 11.8 Å². The Hall–Kier alpha value is -1.17. The Labute approximate surface area is 126 Å². The number of benzene rings is 1. The fraction of sp³-hybridized carbons (Fsp3) is 0.533. The molecule has 1 heterocycles. The average Bonchev–Trinajstić information content (AvgIpc) is 2.47. The largest absolute Gasteiger partial charge is 0.471 e. The first kappa shape index (κ1) is 16.2. The van der Waals surface area contributed by atoms with Gasteiger partial charge < -0.3 is 4.90 Å². The second kappa shape index (κ2) is 7.20. The zero-order valence-corrected chi connectivity index (χ0v) is 12.4. The molecule has 0 unspecified atom stereocenters. The molecule has 0 bridgehead atoms. The lowest BCUT2D eigenvalue weighted by atomic mass is 9.94. The van der Waals surface area contributed by atoms with Crippen LogP contribution in [-0.2, 0) is 4.79 Å². The summed E-state index contributed by atoms with van der Waals surface area (Å²) in [7, 11) is 0. The molecular formula is C15H18F3NOS. The molecule has 1 amide bonds. The molecule has 116 valence electrons. The van der Waals surface area contributed by atoms with Crippen molar-refractivity contribution in [2.75, 3.05) is 18.8 Å². The van der Waals surface area contributed by atoms with Crippen LogP contribution in [0.5, 0.6) is 0 Å². The monoisotopic (exact) mass is 317 g/mol. The molecule has 2 rings (SSSR count). The van der Waals surface area contributed by atoms with Crippen LogP contribution in [0.4, 0.5) is 13.2 Å². The molecule has 0 aliphatic carbocycles. The quantitative estimate of drug-likeness (QED) is 0.783. The van der Waals surface area contributed by atoms with Crippen LogP contribution in [0.1, 0.15) is 19.3 Å². The van der Waals surface area contributed by atoms with Crippen LogP contribution in [0.15, 0.2) is 35.2 Å². The van der Waals surface area contributed by atoms with Crippen molar-refractivity contribution in [1.29, 1.82) is 0 Å². The van der Waals surface area contributed by atoms with E-state index in [4.69, 9.17) is 0 Å². The molecule has 6 heteroatoms. The molecule has 2 nitrogen and oxygen atoms in total. The van der Waals surface area contributed by atoms with Crippen molar-refractivity contribution >= 4 is 17.7 Å². The minimum Gasteiger partial charge on any atom is -0.335 e. The summed E-state index contributed by atoms with van der Waals surface area (Å²) in [5.74, 6) is -0.319. The number of thioether (sulfide) groups is 1. The van der Waals surface area contributed by atoms with E-state index in [1.165, 1.54) is 4.90 Å². The number of halogens is 3. The van der Waals surface area contributed by atoms with E-state index in [0.29, 0.717) is 18.8 Å². The third kappa shape index (κ3) is 4.95. The molecule has 0 atom stereocenters. The minimum absolute atomic E-state index is 0.221. The van der Waals surface area contributed by atoms with Crippen LogP contribution in [0.25, 0.3) is 0 Å². The van der Waals surface area contributed by atoms with Crippen LogP contribution in [-0.4, -0.2) is 35.8 Å². The molecule has 0 radical (unpaired) electrons. The Kier molecular flexibility index (Phi) is 5.56. The van der Waals surface area contributed by atoms with Crippen LogP contribution < -0.4 is 0 Å². The predicted octanol–water partition coefficient (Wildman–Crippen LogP) is 3.97. The summed E-state index contributed by atoms with van der Waals surface area (Å²) < 4.78 is 37.0. The van der Waals surface area contributed by atoms with E-state index in [0.717, 1.165) is 17.1 Å². The first-order valence-electron chi connectivity index (χ1n) is 7.01. The van der Waals surface area contributed by atoms with Gasteiger partial charge in [0.25, 0.3) is 0 Å². The molecule has 0 aromatic heterocycles. The number of hydrogen-bond donors (Lipinski definition) is 0. The number of carbonyl (C=O) groups excluding carboxylic acids is 1. The second-order valence-electron chi connectivity index (χ2n) is 5.18. The molecule has 1 aromatic rings. The summed E-state index contributed by atoms with van der Waals surface area (Å²) in [4.78, 5) is 13.3. The molecule has 0 saturated carbocycles. The molecule has 1 saturated heterocycles. The van der Waals surface area contributed by atoms with Gasteiger partial charge in [0, 0.05) is 18.0 Å². The van der Waals surface area contributed by atoms with Gasteiger partial charge in [-0.25, -0.2) is 0 Å². The maximum Gasteiger partial charge on any atom is 0.471 e. The topological polar surface area (TPSA) is 20.3 Å². The van der Waals surface area contributed by atoms with E-state index in [1.807, 2.05) is 18.2 Å². The number of amides is 1. The third-order valence-corrected chi connectivity index (χ3v) is 4.73. The molecule has 21 heavy (non-hydrogen) atoms. The number of carbonyl (C=O) groups is 1. The molecular weight excluding hydrogens is 299 g/mol. The summed E-state index contributed by atoms with van der Waals surface area (Å²) in [6, 6.07) is 10.1. The summed E-state index contributed by atoms with van der Waals surface area (Å²) in [5.41, 5.74) is 0. The Morgan fingerprint density at radius 3 is 2.38 bits per heavy atom. The normalized spacial score (nSPS) is 17.0. The van der Waals surface area contributed by atoms with Crippen molar-refractivity contribution in [3.63, 3.8) is 0 Å². The van der Waals surface area contributed by atoms with Gasteiger partial charge in [-0.3, -0.25) is 4.79 Å². The fourth-order valence-corrected chi connectivity index (χ4v) is 3.50. The van der Waals surface area contributed by atoms with Crippen molar-refractivity contribution in [3.8, 4) is 0 Å². The van der Waals surface area contributed by atoms with Crippen molar-refractivity contribution in [2.45, 2.75) is 30.3 Å². The van der Waals surface area contributed by atoms with Crippen molar-refractivity contribution in [1.82, 2.24) is 4.90 Å². The fourth-order valence-electron chi connectivity index (χ4n) is 2.46. The lowest BCUT2D eigenvalue weighted by Crippen LogP contribution is -2.45. The van der Waals surface area contributed by atoms with Gasteiger partial charge in [0.2, 0.25) is 0 Å². The zero-order valence-electron chi connectivity index (χ0n) is 11.6. The van der Waals surface area contributed by atoms with E-state index in [2.05, 4.69) is 12.1 Å². The summed E-state index contributed by atoms with van der Waals surface area (Å²) in [6.07, 6.45) is -2.43. The highest BCUT2D eigenvalue weighted by Gasteiger charge is 2.43. The number of nitrogens with zero attached hydrogens (tertiary/aromatic N) is 1. The van der Waals surface area contributed by atoms with Gasteiger partial charge in [0.15, 0.2) is 0 Å². The lowest BCUT2D eigenvalue weighted by Gasteiger charge is -2.32. The maximum atomic E-state index is 12.3. The van der Waals surface area contributed by atoms with Crippen molar-refractivity contribution in [3.05, 3.63) is 30.3 Å². The standard InChI is InChI=1S/C15H18F3NOS/c16-15(17,18)14(20)19-9-6-12(7-10-19)8-11-21-13-4-2-1-3-5-13/h1-5,12H,6-11H2. The first-order chi connectivity index (χ1) is 9.97. The van der Waals surface area contributed by atoms with Gasteiger partial charge in [-0.05, 0) is 43.1 Å². The highest BCUT2D eigenvalue weighted by molar-refractivity contribution is 7.99. The smallest absolute Gasteiger partial charge is 0.335 e. The first-order valence-corrected chi connectivity index (χ1v) is 7.99. The predicted molar refractivity (Wildman–Crippen MR) is 77.1 cm³/mol. The number of piperidine rings is 1. The molecule has 0 spiro atoms. The molecule has 1 fully saturated rings. The molecule has 1 aromatic carbocycles. The molecule has 0 N–H and O–H groups in total. The van der Waals surface area contributed by atoms with Crippen LogP contribution in [0.3, 0.4) is 0 Å². The maximum absolute atomic E-state index is 12.3. The lowest BCUT2D eigenvalue weighted by molar-refractivity contribution is -0.186. The van der Waals surface area contributed by atoms with E-state index >= 15 is 0 Å². The van der Waals surface area contributed by atoms with E-state index in [9.17, 15) is 18.0 Å². The Morgan fingerprint density at radius 2 is 1.81 bits per heavy atom. The highest BCUT2D eigenvalue weighted by atomic mass is 32.2. The van der Waals surface area contributed by atoms with Crippen LogP contribution in [0, 0.1) is 5.92 Å². The molecule has 1 aliphatic heterocycles. The van der Waals surface area contributed by atoms with Crippen molar-refractivity contribution in [2.24, 2.45) is 5.92 Å². The summed E-state index contributed by atoms with van der Waals surface area (Å²) in [6.45, 7) is 0.442. The van der Waals surface area contributed by atoms with Gasteiger partial charge >= 0.3 is 12.1 Å². The summed E-state index contributed by atoms with van der Waals surface area (Å²) in [5, 5.41) is 0. The molecule has 1 aliphatic rings. The van der Waals surface area contributed by atoms with Crippen LogP contribution >= 0.6 is 11.8 Å². The van der Waals surface area contributed by atoms with Gasteiger partial charge in [0.05, 0.1) is 0 Å². The number of rotatable bonds is 4. The third-order valence-electron chi connectivity index (χ3n) is 3.68. The number of alkyl halides is 3. The average molecular weight is 317 g/mol. The SMILES string of the molecule is O=C(N1CCC(CCSc2ccccc2)CC1)C(F)(F)F. The zero-order chi connectivity index (χ0) is 15.3. The van der Waals surface area contributed by atoms with Gasteiger partial charge in [-0.2, -0.15) is 13.2 Å². The second-order valence-corrected chi connectivity index (χ2v) is 6.35. The van der Waals surface area contributed by atoms with E-state index in [-0.39, 0.29) is 13.1 Å². The minimum atomic E-state index is -4.74. The van der Waals surface area contributed by atoms with Crippen molar-refractivity contribution < 1.29 is 18.0 Å². The number of likely N-dealkylation sites (tertiary alicyclic amines) is 1. The van der Waals surface area contributed by atoms with Gasteiger partial charge in [-0.1, -0.05) is 18.2 Å². The number of hydrogen-bond acceptors (Lipinski definition) is 2. The Bertz CT molecular complexity index is 456. The van der Waals surface area contributed by atoms with Gasteiger partial charge in [-0.15, -0.1) is 11.8 Å².